The molecule has 5 N–H and O–H groups in total. The molecule has 0 fully saturated rings. The fourth-order valence-electron chi connectivity index (χ4n) is 2.50. The lowest BCUT2D eigenvalue weighted by Gasteiger charge is -2.18. The minimum Gasteiger partial charge on any atom is -0.368 e. The molecule has 0 aliphatic heterocycles. The van der Waals surface area contributed by atoms with E-state index in [1.54, 1.807) is 55.5 Å². The van der Waals surface area contributed by atoms with Gasteiger partial charge in [0.15, 0.2) is 0 Å². The Balaban J connectivity index is 1.96. The molecule has 0 aliphatic rings. The zero-order valence-electron chi connectivity index (χ0n) is 16.7. The fraction of sp³-hybridized carbons (Fsp3) is 0.273. The van der Waals surface area contributed by atoms with Crippen LogP contribution in [0.3, 0.4) is 0 Å². The number of primary amides is 1. The van der Waals surface area contributed by atoms with E-state index in [2.05, 4.69) is 21.9 Å². The first-order valence-corrected chi connectivity index (χ1v) is 9.26. The van der Waals surface area contributed by atoms with Gasteiger partial charge in [0.25, 0.3) is 5.91 Å². The number of ether oxygens (including phenoxy) is 1. The van der Waals surface area contributed by atoms with Crippen LogP contribution < -0.4 is 16.8 Å². The molecule has 0 bridgehead atoms. The van der Waals surface area contributed by atoms with E-state index in [1.165, 1.54) is 0 Å². The number of carbonyl (C=O) groups is 2. The van der Waals surface area contributed by atoms with Crippen molar-refractivity contribution >= 4 is 11.8 Å². The maximum Gasteiger partial charge on any atom is 0.411 e. The van der Waals surface area contributed by atoms with Crippen LogP contribution in [-0.4, -0.2) is 36.7 Å². The number of benzene rings is 2. The number of rotatable bonds is 7. The predicted octanol–water partition coefficient (Wildman–Crippen LogP) is 2.10. The largest absolute Gasteiger partial charge is 0.411 e. The molecule has 2 aromatic rings. The Kier molecular flexibility index (Phi) is 8.19. The SMILES string of the molecule is CC(N)C(NC(=O)c1ccc(C#Cc2ccc(COCC(F)(F)F)cc2)cc1)C(N)=O. The van der Waals surface area contributed by atoms with Gasteiger partial charge in [0.2, 0.25) is 5.91 Å². The zero-order valence-corrected chi connectivity index (χ0v) is 16.7. The van der Waals surface area contributed by atoms with Crippen LogP contribution >= 0.6 is 0 Å². The summed E-state index contributed by atoms with van der Waals surface area (Å²) >= 11 is 0. The van der Waals surface area contributed by atoms with Crippen molar-refractivity contribution < 1.29 is 27.5 Å². The second-order valence-electron chi connectivity index (χ2n) is 6.84. The second kappa shape index (κ2) is 10.6. The molecule has 2 rings (SSSR count). The van der Waals surface area contributed by atoms with Crippen LogP contribution in [0.15, 0.2) is 48.5 Å². The monoisotopic (exact) mass is 433 g/mol. The Morgan fingerprint density at radius 2 is 1.55 bits per heavy atom. The van der Waals surface area contributed by atoms with Gasteiger partial charge in [-0.2, -0.15) is 13.2 Å². The minimum atomic E-state index is -4.35. The zero-order chi connectivity index (χ0) is 23.0. The van der Waals surface area contributed by atoms with Crippen LogP contribution in [0.1, 0.15) is 34.0 Å². The second-order valence-corrected chi connectivity index (χ2v) is 6.84. The van der Waals surface area contributed by atoms with Crippen molar-refractivity contribution in [2.75, 3.05) is 6.61 Å². The van der Waals surface area contributed by atoms with Crippen molar-refractivity contribution in [2.45, 2.75) is 31.8 Å². The first-order valence-electron chi connectivity index (χ1n) is 9.26. The Bertz CT molecular complexity index is 960. The van der Waals surface area contributed by atoms with Crippen LogP contribution in [0.4, 0.5) is 13.2 Å². The Morgan fingerprint density at radius 1 is 1.03 bits per heavy atom. The van der Waals surface area contributed by atoms with Crippen LogP contribution in [-0.2, 0) is 16.1 Å². The highest BCUT2D eigenvalue weighted by molar-refractivity contribution is 5.97. The van der Waals surface area contributed by atoms with Crippen molar-refractivity contribution in [1.82, 2.24) is 5.32 Å². The number of halogens is 3. The normalized spacial score (nSPS) is 12.9. The summed E-state index contributed by atoms with van der Waals surface area (Å²) in [6.07, 6.45) is -4.35. The number of nitrogens with one attached hydrogen (secondary N) is 1. The van der Waals surface area contributed by atoms with Gasteiger partial charge >= 0.3 is 6.18 Å². The molecule has 6 nitrogen and oxygen atoms in total. The maximum atomic E-state index is 12.2. The molecule has 0 saturated carbocycles. The highest BCUT2D eigenvalue weighted by Gasteiger charge is 2.27. The topological polar surface area (TPSA) is 107 Å². The summed E-state index contributed by atoms with van der Waals surface area (Å²) in [4.78, 5) is 23.6. The van der Waals surface area contributed by atoms with Gasteiger partial charge in [-0.05, 0) is 48.9 Å². The van der Waals surface area contributed by atoms with E-state index >= 15 is 0 Å². The first kappa shape index (κ1) is 23.9. The van der Waals surface area contributed by atoms with Crippen molar-refractivity contribution in [3.05, 3.63) is 70.8 Å². The molecule has 0 spiro atoms. The number of hydrogen-bond donors (Lipinski definition) is 3. The van der Waals surface area contributed by atoms with E-state index < -0.39 is 36.7 Å². The molecule has 2 amide bonds. The summed E-state index contributed by atoms with van der Waals surface area (Å²) in [5.41, 5.74) is 13.1. The van der Waals surface area contributed by atoms with E-state index in [4.69, 9.17) is 11.5 Å². The lowest BCUT2D eigenvalue weighted by atomic mass is 10.1. The van der Waals surface area contributed by atoms with E-state index in [-0.39, 0.29) is 6.61 Å². The number of alkyl halides is 3. The van der Waals surface area contributed by atoms with Gasteiger partial charge in [0, 0.05) is 22.7 Å². The molecular formula is C22H22F3N3O3. The summed E-state index contributed by atoms with van der Waals surface area (Å²) < 4.78 is 40.9. The Hall–Kier alpha value is -3.35. The lowest BCUT2D eigenvalue weighted by molar-refractivity contribution is -0.176. The highest BCUT2D eigenvalue weighted by Crippen LogP contribution is 2.15. The van der Waals surface area contributed by atoms with Crippen molar-refractivity contribution in [1.29, 1.82) is 0 Å². The quantitative estimate of drug-likeness (QED) is 0.581. The van der Waals surface area contributed by atoms with Crippen LogP contribution in [0.5, 0.6) is 0 Å². The third-order valence-electron chi connectivity index (χ3n) is 4.11. The van der Waals surface area contributed by atoms with Gasteiger partial charge < -0.3 is 21.5 Å². The van der Waals surface area contributed by atoms with Gasteiger partial charge in [0.05, 0.1) is 6.61 Å². The van der Waals surface area contributed by atoms with E-state index in [9.17, 15) is 22.8 Å². The standard InChI is InChI=1S/C22H22F3N3O3/c1-14(26)19(20(27)29)28-21(30)18-10-8-16(9-11-18)3-2-15-4-6-17(7-5-15)12-31-13-22(23,24)25/h4-11,14,19H,12-13,26H2,1H3,(H2,27,29)(H,28,30). The predicted molar refractivity (Wildman–Crippen MR) is 109 cm³/mol. The first-order chi connectivity index (χ1) is 14.5. The van der Waals surface area contributed by atoms with E-state index in [1.807, 2.05) is 0 Å². The van der Waals surface area contributed by atoms with Crippen molar-refractivity contribution in [3.63, 3.8) is 0 Å². The van der Waals surface area contributed by atoms with Crippen molar-refractivity contribution in [2.24, 2.45) is 11.5 Å². The van der Waals surface area contributed by atoms with Gasteiger partial charge in [-0.3, -0.25) is 9.59 Å². The van der Waals surface area contributed by atoms with Gasteiger partial charge in [-0.25, -0.2) is 0 Å². The molecule has 164 valence electrons. The molecule has 2 unspecified atom stereocenters. The van der Waals surface area contributed by atoms with Crippen LogP contribution in [0.25, 0.3) is 0 Å². The molecule has 9 heteroatoms. The number of amides is 2. The Labute approximate surface area is 177 Å². The molecular weight excluding hydrogens is 411 g/mol. The summed E-state index contributed by atoms with van der Waals surface area (Å²) in [5.74, 6) is 4.66. The smallest absolute Gasteiger partial charge is 0.368 e. The average Bonchev–Trinajstić information content (AvgIpc) is 2.70. The van der Waals surface area contributed by atoms with E-state index in [0.29, 0.717) is 22.3 Å². The molecule has 0 radical (unpaired) electrons. The molecule has 0 saturated heterocycles. The molecule has 2 aromatic carbocycles. The number of hydrogen-bond acceptors (Lipinski definition) is 4. The van der Waals surface area contributed by atoms with Crippen molar-refractivity contribution in [3.8, 4) is 11.8 Å². The molecule has 0 heterocycles. The third-order valence-corrected chi connectivity index (χ3v) is 4.11. The molecule has 0 aromatic heterocycles. The van der Waals surface area contributed by atoms with E-state index in [0.717, 1.165) is 0 Å². The summed E-state index contributed by atoms with van der Waals surface area (Å²) in [6, 6.07) is 11.4. The van der Waals surface area contributed by atoms with Crippen LogP contribution in [0.2, 0.25) is 0 Å². The molecule has 0 aliphatic carbocycles. The number of carbonyl (C=O) groups excluding carboxylic acids is 2. The summed E-state index contributed by atoms with van der Waals surface area (Å²) in [5, 5.41) is 2.49. The lowest BCUT2D eigenvalue weighted by Crippen LogP contribution is -2.53. The fourth-order valence-corrected chi connectivity index (χ4v) is 2.50. The van der Waals surface area contributed by atoms with Gasteiger partial charge in [-0.1, -0.05) is 24.0 Å². The summed E-state index contributed by atoms with van der Waals surface area (Å²) in [6.45, 7) is 0.129. The van der Waals surface area contributed by atoms with Gasteiger partial charge in [-0.15, -0.1) is 0 Å². The van der Waals surface area contributed by atoms with Gasteiger partial charge in [0.1, 0.15) is 12.6 Å². The average molecular weight is 433 g/mol. The third kappa shape index (κ3) is 8.12. The Morgan fingerprint density at radius 3 is 2.00 bits per heavy atom. The minimum absolute atomic E-state index is 0.143. The molecule has 31 heavy (non-hydrogen) atoms. The highest BCUT2D eigenvalue weighted by atomic mass is 19.4. The maximum absolute atomic E-state index is 12.2. The summed E-state index contributed by atoms with van der Waals surface area (Å²) in [7, 11) is 0. The molecule has 2 atom stereocenters. The van der Waals surface area contributed by atoms with Crippen LogP contribution in [0, 0.1) is 11.8 Å². The number of nitrogens with two attached hydrogens (primary N) is 2.